The molecule has 0 spiro atoms. The van der Waals surface area contributed by atoms with Crippen molar-refractivity contribution >= 4 is 11.8 Å². The van der Waals surface area contributed by atoms with Crippen LogP contribution in [-0.2, 0) is 9.59 Å². The maximum atomic E-state index is 12.1. The van der Waals surface area contributed by atoms with Gasteiger partial charge in [-0.25, -0.2) is 0 Å². The van der Waals surface area contributed by atoms with E-state index in [0.717, 1.165) is 12.8 Å². The number of hydrogen-bond acceptors (Lipinski definition) is 3. The first-order valence-corrected chi connectivity index (χ1v) is 7.59. The topological polar surface area (TPSA) is 61.4 Å². The van der Waals surface area contributed by atoms with E-state index in [4.69, 9.17) is 0 Å². The van der Waals surface area contributed by atoms with Gasteiger partial charge in [-0.3, -0.25) is 9.59 Å². The molecular weight excluding hydrogens is 254 g/mol. The first kappa shape index (κ1) is 18.9. The van der Waals surface area contributed by atoms with Crippen molar-refractivity contribution in [3.63, 3.8) is 0 Å². The van der Waals surface area contributed by atoms with Crippen molar-refractivity contribution in [2.45, 2.75) is 59.4 Å². The molecule has 0 aliphatic carbocycles. The molecule has 0 aliphatic heterocycles. The van der Waals surface area contributed by atoms with Gasteiger partial charge in [-0.15, -0.1) is 0 Å². The van der Waals surface area contributed by atoms with Gasteiger partial charge in [0.1, 0.15) is 0 Å². The average molecular weight is 285 g/mol. The number of amides is 2. The molecule has 118 valence electrons. The molecule has 0 aromatic heterocycles. The minimum atomic E-state index is -0.0718. The summed E-state index contributed by atoms with van der Waals surface area (Å²) >= 11 is 0. The highest BCUT2D eigenvalue weighted by atomic mass is 16.2. The molecule has 0 aromatic rings. The summed E-state index contributed by atoms with van der Waals surface area (Å²) in [5.74, 6) is -0.0346. The Balaban J connectivity index is 4.21. The van der Waals surface area contributed by atoms with Gasteiger partial charge < -0.3 is 15.5 Å². The lowest BCUT2D eigenvalue weighted by Gasteiger charge is -2.24. The number of carbonyl (C=O) groups excluding carboxylic acids is 2. The second-order valence-electron chi connectivity index (χ2n) is 6.09. The van der Waals surface area contributed by atoms with Gasteiger partial charge in [-0.1, -0.05) is 13.8 Å². The van der Waals surface area contributed by atoms with Crippen molar-refractivity contribution in [3.05, 3.63) is 0 Å². The van der Waals surface area contributed by atoms with Crippen LogP contribution in [0.1, 0.15) is 53.9 Å². The maximum absolute atomic E-state index is 12.1. The molecule has 5 heteroatoms. The summed E-state index contributed by atoms with van der Waals surface area (Å²) in [6.07, 6.45) is 2.20. The monoisotopic (exact) mass is 285 g/mol. The number of rotatable bonds is 9. The van der Waals surface area contributed by atoms with E-state index < -0.39 is 0 Å². The highest BCUT2D eigenvalue weighted by Crippen LogP contribution is 2.01. The third kappa shape index (κ3) is 9.78. The fourth-order valence-electron chi connectivity index (χ4n) is 1.76. The van der Waals surface area contributed by atoms with E-state index in [2.05, 4.69) is 31.4 Å². The first-order valence-electron chi connectivity index (χ1n) is 7.59. The summed E-state index contributed by atoms with van der Waals surface area (Å²) in [6, 6.07) is 0. The van der Waals surface area contributed by atoms with Crippen molar-refractivity contribution in [1.82, 2.24) is 15.5 Å². The second-order valence-corrected chi connectivity index (χ2v) is 6.09. The lowest BCUT2D eigenvalue weighted by Crippen LogP contribution is -2.43. The van der Waals surface area contributed by atoms with Crippen molar-refractivity contribution in [2.75, 3.05) is 26.2 Å². The Morgan fingerprint density at radius 2 is 1.70 bits per heavy atom. The van der Waals surface area contributed by atoms with E-state index in [1.165, 1.54) is 0 Å². The van der Waals surface area contributed by atoms with E-state index in [9.17, 15) is 9.59 Å². The number of nitrogens with one attached hydrogen (secondary N) is 2. The predicted octanol–water partition coefficient (Wildman–Crippen LogP) is 1.53. The minimum absolute atomic E-state index is 0.00830. The van der Waals surface area contributed by atoms with E-state index in [0.29, 0.717) is 26.1 Å². The molecule has 0 saturated carbocycles. The summed E-state index contributed by atoms with van der Waals surface area (Å²) in [4.78, 5) is 25.5. The Morgan fingerprint density at radius 1 is 1.05 bits per heavy atom. The smallest absolute Gasteiger partial charge is 0.239 e. The van der Waals surface area contributed by atoms with Gasteiger partial charge in [0.2, 0.25) is 11.8 Å². The molecule has 2 amide bonds. The molecular formula is C15H31N3O2. The molecule has 0 saturated heterocycles. The zero-order valence-electron chi connectivity index (χ0n) is 13.7. The van der Waals surface area contributed by atoms with Crippen molar-refractivity contribution in [2.24, 2.45) is 0 Å². The number of carbonyl (C=O) groups is 2. The minimum Gasteiger partial charge on any atom is -0.355 e. The third-order valence-electron chi connectivity index (χ3n) is 2.75. The Kier molecular flexibility index (Phi) is 9.21. The van der Waals surface area contributed by atoms with Crippen molar-refractivity contribution in [3.8, 4) is 0 Å². The molecule has 0 bridgehead atoms. The molecule has 0 rings (SSSR count). The number of hydrogen-bond donors (Lipinski definition) is 2. The van der Waals surface area contributed by atoms with Gasteiger partial charge in [0.05, 0.1) is 6.54 Å². The molecule has 0 unspecified atom stereocenters. The molecule has 0 aliphatic rings. The fourth-order valence-corrected chi connectivity index (χ4v) is 1.76. The van der Waals surface area contributed by atoms with E-state index >= 15 is 0 Å². The fraction of sp³-hybridized carbons (Fsp3) is 0.867. The van der Waals surface area contributed by atoms with Gasteiger partial charge >= 0.3 is 0 Å². The van der Waals surface area contributed by atoms with Crippen molar-refractivity contribution in [1.29, 1.82) is 0 Å². The third-order valence-corrected chi connectivity index (χ3v) is 2.75. The van der Waals surface area contributed by atoms with Gasteiger partial charge in [0.25, 0.3) is 0 Å². The molecule has 2 N–H and O–H groups in total. The van der Waals surface area contributed by atoms with Crippen LogP contribution in [-0.4, -0.2) is 48.4 Å². The molecule has 0 aromatic carbocycles. The van der Waals surface area contributed by atoms with Crippen LogP contribution in [0.5, 0.6) is 0 Å². The van der Waals surface area contributed by atoms with Crippen LogP contribution in [0.25, 0.3) is 0 Å². The maximum Gasteiger partial charge on any atom is 0.239 e. The van der Waals surface area contributed by atoms with Crippen LogP contribution < -0.4 is 10.6 Å². The molecule has 0 atom stereocenters. The molecule has 0 heterocycles. The van der Waals surface area contributed by atoms with E-state index in [-0.39, 0.29) is 23.9 Å². The first-order chi connectivity index (χ1) is 9.30. The summed E-state index contributed by atoms with van der Waals surface area (Å²) in [5, 5.41) is 6.10. The van der Waals surface area contributed by atoms with Crippen molar-refractivity contribution < 1.29 is 9.59 Å². The normalized spacial score (nSPS) is 11.2. The van der Waals surface area contributed by atoms with Crippen LogP contribution in [0.2, 0.25) is 0 Å². The standard InChI is InChI=1S/C15H31N3O2/c1-6-9-16-13(19)12-18(11-7-2)14(20)8-10-17-15(3,4)5/h17H,6-12H2,1-5H3,(H,16,19). The van der Waals surface area contributed by atoms with Gasteiger partial charge in [0.15, 0.2) is 0 Å². The van der Waals surface area contributed by atoms with Crippen LogP contribution in [0.4, 0.5) is 0 Å². The Bertz CT molecular complexity index is 298. The Morgan fingerprint density at radius 3 is 2.20 bits per heavy atom. The van der Waals surface area contributed by atoms with Gasteiger partial charge in [0, 0.05) is 31.6 Å². The van der Waals surface area contributed by atoms with Gasteiger partial charge in [-0.05, 0) is 33.6 Å². The second kappa shape index (κ2) is 9.75. The summed E-state index contributed by atoms with van der Waals surface area (Å²) in [6.45, 7) is 12.3. The molecule has 20 heavy (non-hydrogen) atoms. The summed E-state index contributed by atoms with van der Waals surface area (Å²) in [5.41, 5.74) is 0.00830. The zero-order chi connectivity index (χ0) is 15.6. The lowest BCUT2D eigenvalue weighted by molar-refractivity contribution is -0.136. The average Bonchev–Trinajstić information content (AvgIpc) is 2.34. The van der Waals surface area contributed by atoms with E-state index in [1.807, 2.05) is 13.8 Å². The Labute approximate surface area is 123 Å². The molecule has 0 radical (unpaired) electrons. The molecule has 5 nitrogen and oxygen atoms in total. The molecule has 0 fully saturated rings. The van der Waals surface area contributed by atoms with Crippen LogP contribution >= 0.6 is 0 Å². The Hall–Kier alpha value is -1.10. The SMILES string of the molecule is CCCNC(=O)CN(CCC)C(=O)CCNC(C)(C)C. The largest absolute Gasteiger partial charge is 0.355 e. The van der Waals surface area contributed by atoms with E-state index in [1.54, 1.807) is 4.90 Å². The highest BCUT2D eigenvalue weighted by molar-refractivity contribution is 5.84. The lowest BCUT2D eigenvalue weighted by atomic mass is 10.1. The number of nitrogens with zero attached hydrogens (tertiary/aromatic N) is 1. The summed E-state index contributed by atoms with van der Waals surface area (Å²) < 4.78 is 0. The highest BCUT2D eigenvalue weighted by Gasteiger charge is 2.17. The van der Waals surface area contributed by atoms with Crippen LogP contribution in [0.3, 0.4) is 0 Å². The van der Waals surface area contributed by atoms with Crippen LogP contribution in [0, 0.1) is 0 Å². The zero-order valence-corrected chi connectivity index (χ0v) is 13.7. The van der Waals surface area contributed by atoms with Gasteiger partial charge in [-0.2, -0.15) is 0 Å². The van der Waals surface area contributed by atoms with Crippen LogP contribution in [0.15, 0.2) is 0 Å². The quantitative estimate of drug-likeness (QED) is 0.675. The predicted molar refractivity (Wildman–Crippen MR) is 82.5 cm³/mol. The summed E-state index contributed by atoms with van der Waals surface area (Å²) in [7, 11) is 0.